The molecule has 12 rings (SSSR count). The number of fused-ring (bicyclic) bond motifs is 3. The van der Waals surface area contributed by atoms with E-state index in [0.717, 1.165) is 12.5 Å². The van der Waals surface area contributed by atoms with Crippen LogP contribution in [-0.2, 0) is 19.1 Å². The summed E-state index contributed by atoms with van der Waals surface area (Å²) in [5.41, 5.74) is 6.49. The van der Waals surface area contributed by atoms with Crippen LogP contribution in [0.2, 0.25) is 0 Å². The molecular formula is C72H78N12O6. The van der Waals surface area contributed by atoms with Crippen molar-refractivity contribution >= 4 is 17.1 Å². The number of hydrogen-bond donors (Lipinski definition) is 3. The first kappa shape index (κ1) is 44.8. The molecule has 0 spiro atoms. The number of benzene rings is 6. The maximum absolute atomic E-state index is 8.63. The molecule has 18 heteroatoms. The van der Waals surface area contributed by atoms with Crippen LogP contribution in [0.1, 0.15) is 176 Å². The summed E-state index contributed by atoms with van der Waals surface area (Å²) < 4.78 is 172. The zero-order valence-electron chi connectivity index (χ0n) is 68.1. The second kappa shape index (κ2) is 29.7. The van der Waals surface area contributed by atoms with Gasteiger partial charge in [-0.1, -0.05) is 90.8 Å². The molecule has 90 heavy (non-hydrogen) atoms. The standard InChI is InChI=1S/3C24H26N4O2/c3*1-5-13-26-20-11-10-17-18(20)7-6-8-19(17)23-27-24(30-28-23)16-9-12-22(29-15(2)3)21(14-16)25-4/h3*6-9,12,14-15,20,26H,5,10-11,13H2,1-3H3/t3*20-/m000/s1/i5D2,10D2,13D2,15D;10D2,13D2,15D;5D2,10D2,15D. The van der Waals surface area contributed by atoms with Crippen LogP contribution >= 0.6 is 0 Å². The Morgan fingerprint density at radius 3 is 1.16 bits per heavy atom. The van der Waals surface area contributed by atoms with Gasteiger partial charge in [-0.2, -0.15) is 15.0 Å². The molecular weight excluding hydrogens is 1130 g/mol. The molecule has 3 atom stereocenters. The maximum atomic E-state index is 8.63. The number of nitrogens with zero attached hydrogens (tertiary/aromatic N) is 9. The SMILES string of the molecule is [2H]C(C)(C)Oc1ccc(-c2nc(-c3cccc4c3C([2H])([2H])C[C@@H]4NC([2H])([2H])C([2H])([2H])C)no2)cc1[N+]#[C-].[2H]C([2H])(C)CN[C@H]1CC([2H])([2H])c2c(-c3noc(-c4ccc(OC([2H])(C)C)c([N+]#[C-])c4)n3)cccc21.[2H]C([2H])(CC)N[C@H]1CC([2H])([2H])c2c(-c3noc(-c4ccc(OC([2H])(C)C)c([N+]#[C-])c4)n3)cccc21. The van der Waals surface area contributed by atoms with Crippen molar-refractivity contribution < 1.29 is 51.1 Å². The van der Waals surface area contributed by atoms with Gasteiger partial charge in [-0.05, 0) is 207 Å². The van der Waals surface area contributed by atoms with E-state index in [1.54, 1.807) is 146 Å². The molecule has 3 N–H and O–H groups in total. The fourth-order valence-electron chi connectivity index (χ4n) is 10.2. The third-order valence-corrected chi connectivity index (χ3v) is 14.1. The van der Waals surface area contributed by atoms with E-state index in [4.69, 9.17) is 70.8 Å². The molecule has 6 aromatic carbocycles. The van der Waals surface area contributed by atoms with Gasteiger partial charge in [0.05, 0.1) is 42.1 Å². The molecule has 0 aliphatic heterocycles. The van der Waals surface area contributed by atoms with E-state index in [0.29, 0.717) is 55.6 Å². The van der Waals surface area contributed by atoms with Crippen molar-refractivity contribution in [1.82, 2.24) is 46.4 Å². The highest BCUT2D eigenvalue weighted by Gasteiger charge is 2.30. The summed E-state index contributed by atoms with van der Waals surface area (Å²) in [6, 6.07) is 28.4. The van der Waals surface area contributed by atoms with Gasteiger partial charge in [0.2, 0.25) is 34.5 Å². The lowest BCUT2D eigenvalue weighted by Gasteiger charge is -2.13. The topological polar surface area (TPSA) is 194 Å². The molecule has 0 saturated carbocycles. The van der Waals surface area contributed by atoms with Gasteiger partial charge in [-0.15, -0.1) is 0 Å². The summed E-state index contributed by atoms with van der Waals surface area (Å²) in [7, 11) is 0. The fraction of sp³-hybridized carbons (Fsp3) is 0.375. The summed E-state index contributed by atoms with van der Waals surface area (Å²) in [6.45, 7) is 32.2. The molecule has 0 radical (unpaired) electrons. The van der Waals surface area contributed by atoms with E-state index in [-0.39, 0.29) is 113 Å². The van der Waals surface area contributed by atoms with Gasteiger partial charge in [0.25, 0.3) is 17.7 Å². The zero-order chi connectivity index (χ0) is 78.6. The lowest BCUT2D eigenvalue weighted by Crippen LogP contribution is -2.19. The van der Waals surface area contributed by atoms with Gasteiger partial charge in [0.1, 0.15) is 17.2 Å². The van der Waals surface area contributed by atoms with E-state index >= 15 is 0 Å². The molecule has 0 fully saturated rings. The number of ether oxygens (including phenoxy) is 3. The van der Waals surface area contributed by atoms with Gasteiger partial charge in [0.15, 0.2) is 0 Å². The highest BCUT2D eigenvalue weighted by atomic mass is 16.5. The van der Waals surface area contributed by atoms with Crippen molar-refractivity contribution in [3.63, 3.8) is 0 Å². The van der Waals surface area contributed by atoms with Crippen LogP contribution < -0.4 is 30.2 Å². The summed E-state index contributed by atoms with van der Waals surface area (Å²) in [5, 5.41) is 20.9. The number of aromatic nitrogens is 6. The molecule has 462 valence electrons. The minimum absolute atomic E-state index is 0.0890. The fourth-order valence-corrected chi connectivity index (χ4v) is 10.2. The van der Waals surface area contributed by atoms with Gasteiger partial charge in [-0.25, -0.2) is 14.5 Å². The number of hydrogen-bond acceptors (Lipinski definition) is 15. The Hall–Kier alpha value is -9.51. The van der Waals surface area contributed by atoms with Crippen molar-refractivity contribution in [1.29, 1.82) is 0 Å². The Balaban J connectivity index is 0.000000172. The van der Waals surface area contributed by atoms with Crippen LogP contribution in [0.15, 0.2) is 123 Å². The Kier molecular flexibility index (Phi) is 14.8. The Labute approximate surface area is 551 Å². The average Bonchev–Trinajstić information content (AvgIpc) is 1.61. The van der Waals surface area contributed by atoms with Crippen molar-refractivity contribution in [3.05, 3.63) is 177 Å². The Bertz CT molecular complexity index is 4920. The average molecular weight is 1220 g/mol. The predicted octanol–water partition coefficient (Wildman–Crippen LogP) is 17.2. The molecule has 3 aliphatic rings. The summed E-state index contributed by atoms with van der Waals surface area (Å²) in [6.07, 6.45) is -12.1. The van der Waals surface area contributed by atoms with Crippen LogP contribution in [0.3, 0.4) is 0 Å². The normalized spacial score (nSPS) is 20.7. The zero-order valence-corrected chi connectivity index (χ0v) is 51.1. The molecule has 0 amide bonds. The molecule has 0 bridgehead atoms. The van der Waals surface area contributed by atoms with E-state index in [1.807, 2.05) is 6.07 Å². The van der Waals surface area contributed by atoms with Crippen molar-refractivity contribution in [2.24, 2.45) is 0 Å². The van der Waals surface area contributed by atoms with Gasteiger partial charge in [-0.3, -0.25) is 0 Å². The maximum Gasteiger partial charge on any atom is 0.256 e. The van der Waals surface area contributed by atoms with E-state index in [1.165, 1.54) is 13.0 Å². The third kappa shape index (κ3) is 14.6. The molecule has 0 unspecified atom stereocenters. The van der Waals surface area contributed by atoms with E-state index in [9.17, 15) is 0 Å². The smallest absolute Gasteiger partial charge is 0.256 e. The minimum atomic E-state index is -2.39. The van der Waals surface area contributed by atoms with Crippen LogP contribution in [-0.4, -0.2) is 68.2 Å². The second-order valence-corrected chi connectivity index (χ2v) is 21.2. The summed E-state index contributed by atoms with van der Waals surface area (Å²) >= 11 is 0. The highest BCUT2D eigenvalue weighted by molar-refractivity contribution is 5.74. The minimum Gasteiger partial charge on any atom is -0.502 e. The number of rotatable bonds is 21. The first-order valence-electron chi connectivity index (χ1n) is 37.5. The Morgan fingerprint density at radius 2 is 0.844 bits per heavy atom. The van der Waals surface area contributed by atoms with Crippen molar-refractivity contribution in [2.45, 2.75) is 156 Å². The predicted molar refractivity (Wildman–Crippen MR) is 350 cm³/mol. The lowest BCUT2D eigenvalue weighted by molar-refractivity contribution is 0.244. The Morgan fingerprint density at radius 1 is 0.500 bits per heavy atom. The van der Waals surface area contributed by atoms with Crippen LogP contribution in [0, 0.1) is 19.7 Å². The number of nitrogens with one attached hydrogen (secondary N) is 3. The molecule has 3 heterocycles. The molecule has 18 nitrogen and oxygen atoms in total. The summed E-state index contributed by atoms with van der Waals surface area (Å²) in [5.74, 6) is 1.82. The lowest BCUT2D eigenvalue weighted by atomic mass is 10.0. The second-order valence-electron chi connectivity index (χ2n) is 21.2. The van der Waals surface area contributed by atoms with Crippen LogP contribution in [0.5, 0.6) is 17.2 Å². The quantitative estimate of drug-likeness (QED) is 0.0575. The van der Waals surface area contributed by atoms with Crippen LogP contribution in [0.4, 0.5) is 17.1 Å². The van der Waals surface area contributed by atoms with Gasteiger partial charge >= 0.3 is 0 Å². The van der Waals surface area contributed by atoms with Gasteiger partial charge < -0.3 is 43.7 Å². The van der Waals surface area contributed by atoms with E-state index < -0.39 is 75.2 Å². The third-order valence-electron chi connectivity index (χ3n) is 14.1. The monoisotopic (exact) mass is 1220 g/mol. The van der Waals surface area contributed by atoms with Crippen molar-refractivity contribution in [3.8, 4) is 85.8 Å². The largest absolute Gasteiger partial charge is 0.502 e. The van der Waals surface area contributed by atoms with Gasteiger partial charge in [0, 0.05) is 70.7 Å². The molecule has 9 aromatic rings. The van der Waals surface area contributed by atoms with Crippen LogP contribution in [0.25, 0.3) is 83.1 Å². The highest BCUT2D eigenvalue weighted by Crippen LogP contribution is 2.42. The molecule has 3 aliphatic carbocycles. The summed E-state index contributed by atoms with van der Waals surface area (Å²) in [4.78, 5) is 23.8. The first-order chi connectivity index (χ1) is 49.6. The van der Waals surface area contributed by atoms with Crippen molar-refractivity contribution in [2.75, 3.05) is 19.5 Å². The first-order valence-corrected chi connectivity index (χ1v) is 29.0. The molecule has 3 aromatic heterocycles. The molecule has 0 saturated heterocycles. The van der Waals surface area contributed by atoms with E-state index in [2.05, 4.69) is 60.9 Å².